The molecule has 6 nitrogen and oxygen atoms in total. The first kappa shape index (κ1) is 14.7. The molecule has 2 atom stereocenters. The summed E-state index contributed by atoms with van der Waals surface area (Å²) < 4.78 is 2.42. The summed E-state index contributed by atoms with van der Waals surface area (Å²) in [5.74, 6) is 0.697. The molecule has 1 N–H and O–H groups in total. The van der Waals surface area contributed by atoms with Crippen LogP contribution < -0.4 is 0 Å². The molecule has 3 aliphatic heterocycles. The van der Waals surface area contributed by atoms with Gasteiger partial charge in [0.15, 0.2) is 0 Å². The van der Waals surface area contributed by atoms with Gasteiger partial charge in [-0.15, -0.1) is 10.2 Å². The first-order valence-corrected chi connectivity index (χ1v) is 9.66. The lowest BCUT2D eigenvalue weighted by Gasteiger charge is -2.53. The molecule has 1 saturated heterocycles. The molecule has 26 heavy (non-hydrogen) atoms. The molecule has 0 saturated carbocycles. The fourth-order valence-corrected chi connectivity index (χ4v) is 5.71. The summed E-state index contributed by atoms with van der Waals surface area (Å²) >= 11 is 0. The highest BCUT2D eigenvalue weighted by Gasteiger charge is 2.50. The highest BCUT2D eigenvalue weighted by Crippen LogP contribution is 2.57. The van der Waals surface area contributed by atoms with E-state index >= 15 is 0 Å². The van der Waals surface area contributed by atoms with Crippen LogP contribution in [0, 0.1) is 5.41 Å². The standard InChI is InChI=1S/C20H22N6/c1-2-20-9-5-10-25-11-8-14-13-6-3-4-7-15(13)26(17(14)18(20)25)16(12-20)19-21-23-24-22-19/h3-4,6-7,12,18H,2,5,8-11H2,1H3,(H,21,22,23,24). The second-order valence-corrected chi connectivity index (χ2v) is 7.86. The summed E-state index contributed by atoms with van der Waals surface area (Å²) in [7, 11) is 0. The molecule has 5 heterocycles. The zero-order valence-corrected chi connectivity index (χ0v) is 14.9. The maximum Gasteiger partial charge on any atom is 0.221 e. The Labute approximate surface area is 151 Å². The van der Waals surface area contributed by atoms with Crippen molar-refractivity contribution in [2.45, 2.75) is 38.6 Å². The van der Waals surface area contributed by atoms with E-state index in [-0.39, 0.29) is 5.41 Å². The summed E-state index contributed by atoms with van der Waals surface area (Å²) in [6.07, 6.45) is 7.21. The average Bonchev–Trinajstić information content (AvgIpc) is 3.33. The van der Waals surface area contributed by atoms with E-state index in [0.717, 1.165) is 18.5 Å². The second kappa shape index (κ2) is 5.04. The van der Waals surface area contributed by atoms with Gasteiger partial charge in [0.25, 0.3) is 0 Å². The molecular formula is C20H22N6. The van der Waals surface area contributed by atoms with Gasteiger partial charge < -0.3 is 4.57 Å². The molecule has 3 aromatic rings. The minimum Gasteiger partial charge on any atom is -0.308 e. The summed E-state index contributed by atoms with van der Waals surface area (Å²) in [4.78, 5) is 2.72. The van der Waals surface area contributed by atoms with Gasteiger partial charge in [-0.1, -0.05) is 25.1 Å². The number of piperidine rings is 1. The van der Waals surface area contributed by atoms with Crippen LogP contribution in [-0.2, 0) is 6.42 Å². The Balaban J connectivity index is 1.75. The summed E-state index contributed by atoms with van der Waals surface area (Å²) in [6.45, 7) is 4.71. The third kappa shape index (κ3) is 1.68. The number of hydrogen-bond acceptors (Lipinski definition) is 4. The van der Waals surface area contributed by atoms with Crippen molar-refractivity contribution in [2.24, 2.45) is 5.41 Å². The van der Waals surface area contributed by atoms with Crippen LogP contribution in [0.4, 0.5) is 0 Å². The molecule has 6 heteroatoms. The number of aromatic amines is 1. The van der Waals surface area contributed by atoms with Crippen LogP contribution in [-0.4, -0.2) is 43.2 Å². The van der Waals surface area contributed by atoms with Crippen molar-refractivity contribution in [2.75, 3.05) is 13.1 Å². The van der Waals surface area contributed by atoms with E-state index in [2.05, 4.69) is 67.4 Å². The first-order valence-electron chi connectivity index (χ1n) is 9.66. The maximum atomic E-state index is 4.34. The third-order valence-corrected chi connectivity index (χ3v) is 6.82. The normalized spacial score (nSPS) is 27.4. The van der Waals surface area contributed by atoms with Crippen molar-refractivity contribution in [3.63, 3.8) is 0 Å². The predicted octanol–water partition coefficient (Wildman–Crippen LogP) is 3.15. The van der Waals surface area contributed by atoms with Crippen LogP contribution in [0.25, 0.3) is 16.6 Å². The lowest BCUT2D eigenvalue weighted by atomic mass is 9.66. The van der Waals surface area contributed by atoms with Crippen LogP contribution in [0.3, 0.4) is 0 Å². The Morgan fingerprint density at radius 3 is 3.04 bits per heavy atom. The topological polar surface area (TPSA) is 62.6 Å². The Morgan fingerprint density at radius 2 is 2.19 bits per heavy atom. The van der Waals surface area contributed by atoms with Gasteiger partial charge in [-0.25, -0.2) is 0 Å². The zero-order chi connectivity index (χ0) is 17.3. The van der Waals surface area contributed by atoms with Gasteiger partial charge in [0, 0.05) is 23.0 Å². The lowest BCUT2D eigenvalue weighted by Crippen LogP contribution is -2.50. The molecule has 3 aliphatic rings. The van der Waals surface area contributed by atoms with Crippen LogP contribution >= 0.6 is 0 Å². The van der Waals surface area contributed by atoms with Gasteiger partial charge >= 0.3 is 0 Å². The van der Waals surface area contributed by atoms with Crippen molar-refractivity contribution in [1.82, 2.24) is 30.1 Å². The van der Waals surface area contributed by atoms with Gasteiger partial charge in [0.05, 0.1) is 17.3 Å². The van der Waals surface area contributed by atoms with Gasteiger partial charge in [-0.2, -0.15) is 5.21 Å². The molecule has 0 spiro atoms. The van der Waals surface area contributed by atoms with Crippen LogP contribution in [0.2, 0.25) is 0 Å². The number of tetrazole rings is 1. The molecule has 1 aromatic carbocycles. The quantitative estimate of drug-likeness (QED) is 0.774. The summed E-state index contributed by atoms with van der Waals surface area (Å²) in [6, 6.07) is 9.26. The second-order valence-electron chi connectivity index (χ2n) is 7.86. The van der Waals surface area contributed by atoms with Crippen molar-refractivity contribution in [1.29, 1.82) is 0 Å². The molecule has 0 amide bonds. The number of hydrogen-bond donors (Lipinski definition) is 1. The van der Waals surface area contributed by atoms with Crippen molar-refractivity contribution in [3.8, 4) is 0 Å². The Morgan fingerprint density at radius 1 is 1.27 bits per heavy atom. The van der Waals surface area contributed by atoms with E-state index in [1.807, 2.05) is 0 Å². The first-order chi connectivity index (χ1) is 12.8. The van der Waals surface area contributed by atoms with Gasteiger partial charge in [-0.05, 0) is 55.1 Å². The predicted molar refractivity (Wildman–Crippen MR) is 99.5 cm³/mol. The Kier molecular flexibility index (Phi) is 2.84. The molecule has 2 aromatic heterocycles. The number of nitrogens with one attached hydrogen (secondary N) is 1. The number of rotatable bonds is 2. The number of para-hydroxylation sites is 1. The molecule has 0 radical (unpaired) electrons. The van der Waals surface area contributed by atoms with Crippen LogP contribution in [0.15, 0.2) is 30.3 Å². The molecule has 0 bridgehead atoms. The van der Waals surface area contributed by atoms with E-state index in [1.54, 1.807) is 0 Å². The smallest absolute Gasteiger partial charge is 0.221 e. The molecule has 1 fully saturated rings. The monoisotopic (exact) mass is 346 g/mol. The van der Waals surface area contributed by atoms with Crippen molar-refractivity contribution in [3.05, 3.63) is 47.4 Å². The van der Waals surface area contributed by atoms with Gasteiger partial charge in [-0.3, -0.25) is 4.90 Å². The lowest BCUT2D eigenvalue weighted by molar-refractivity contribution is 0.0271. The minimum atomic E-state index is 0.160. The summed E-state index contributed by atoms with van der Waals surface area (Å²) in [5, 5.41) is 16.6. The fraction of sp³-hybridized carbons (Fsp3) is 0.450. The van der Waals surface area contributed by atoms with E-state index in [4.69, 9.17) is 0 Å². The van der Waals surface area contributed by atoms with E-state index in [9.17, 15) is 0 Å². The number of aromatic nitrogens is 5. The number of H-pyrrole nitrogens is 1. The molecule has 0 aliphatic carbocycles. The molecule has 132 valence electrons. The Hall–Kier alpha value is -2.47. The molecular weight excluding hydrogens is 324 g/mol. The summed E-state index contributed by atoms with van der Waals surface area (Å²) in [5.41, 5.74) is 5.52. The van der Waals surface area contributed by atoms with Gasteiger partial charge in [0.1, 0.15) is 0 Å². The largest absolute Gasteiger partial charge is 0.308 e. The fourth-order valence-electron chi connectivity index (χ4n) is 5.71. The van der Waals surface area contributed by atoms with E-state index < -0.39 is 0 Å². The molecule has 6 rings (SSSR count). The van der Waals surface area contributed by atoms with Crippen LogP contribution in [0.1, 0.15) is 49.3 Å². The molecule has 2 unspecified atom stereocenters. The maximum absolute atomic E-state index is 4.34. The van der Waals surface area contributed by atoms with Crippen molar-refractivity contribution < 1.29 is 0 Å². The van der Waals surface area contributed by atoms with E-state index in [0.29, 0.717) is 11.9 Å². The number of benzene rings is 1. The Bertz CT molecular complexity index is 1030. The highest BCUT2D eigenvalue weighted by atomic mass is 15.5. The van der Waals surface area contributed by atoms with Crippen LogP contribution in [0.5, 0.6) is 0 Å². The van der Waals surface area contributed by atoms with E-state index in [1.165, 1.54) is 48.1 Å². The SMILES string of the molecule is CCC12C=C(c3nn[nH]n3)n3c4c(c5ccccc53)CCN(CCC1)C42. The minimum absolute atomic E-state index is 0.160. The van der Waals surface area contributed by atoms with Gasteiger partial charge in [0.2, 0.25) is 5.82 Å². The highest BCUT2D eigenvalue weighted by molar-refractivity contribution is 5.91. The van der Waals surface area contributed by atoms with Crippen molar-refractivity contribution >= 4 is 16.6 Å². The zero-order valence-electron chi connectivity index (χ0n) is 14.9. The number of fused-ring (bicyclic) bond motifs is 3. The average molecular weight is 346 g/mol. The number of nitrogens with zero attached hydrogens (tertiary/aromatic N) is 5. The third-order valence-electron chi connectivity index (χ3n) is 6.82.